The molecule has 0 saturated carbocycles. The van der Waals surface area contributed by atoms with Gasteiger partial charge in [-0.1, -0.05) is 0 Å². The number of fused-ring (bicyclic) bond motifs is 1. The Balaban J connectivity index is 1.60. The molecule has 6 nitrogen and oxygen atoms in total. The van der Waals surface area contributed by atoms with Crippen LogP contribution in [0.2, 0.25) is 0 Å². The van der Waals surface area contributed by atoms with E-state index in [4.69, 9.17) is 0 Å². The molecule has 1 aliphatic heterocycles. The first-order chi connectivity index (χ1) is 13.6. The van der Waals surface area contributed by atoms with Crippen molar-refractivity contribution in [3.8, 4) is 0 Å². The van der Waals surface area contributed by atoms with Crippen LogP contribution in [0.25, 0.3) is 10.9 Å². The van der Waals surface area contributed by atoms with Crippen molar-refractivity contribution in [3.05, 3.63) is 48.4 Å². The van der Waals surface area contributed by atoms with Crippen molar-refractivity contribution in [1.29, 1.82) is 0 Å². The van der Waals surface area contributed by atoms with Gasteiger partial charge in [-0.15, -0.1) is 0 Å². The fraction of sp³-hybridized carbons (Fsp3) is 0.333. The molecule has 0 bridgehead atoms. The smallest absolute Gasteiger partial charge is 0.152 e. The minimum atomic E-state index is -0.312. The number of aromatic amines is 1. The number of pyridine rings is 1. The van der Waals surface area contributed by atoms with E-state index >= 15 is 0 Å². The Hall–Kier alpha value is -3.09. The second-order valence-electron chi connectivity index (χ2n) is 7.09. The Labute approximate surface area is 163 Å². The van der Waals surface area contributed by atoms with E-state index in [1.807, 2.05) is 24.1 Å². The number of carbonyl (C=O) groups excluding carboxylic acids is 1. The van der Waals surface area contributed by atoms with Gasteiger partial charge in [0.2, 0.25) is 0 Å². The molecule has 1 fully saturated rings. The Morgan fingerprint density at radius 1 is 1.32 bits per heavy atom. The number of aldehydes is 1. The summed E-state index contributed by atoms with van der Waals surface area (Å²) in [5.41, 5.74) is 1.79. The molecule has 1 unspecified atom stereocenters. The predicted octanol–water partition coefficient (Wildman–Crippen LogP) is 3.05. The Morgan fingerprint density at radius 3 is 2.96 bits per heavy atom. The summed E-state index contributed by atoms with van der Waals surface area (Å²) in [6.45, 7) is 4.94. The fourth-order valence-electron chi connectivity index (χ4n) is 3.76. The molecule has 28 heavy (non-hydrogen) atoms. The highest BCUT2D eigenvalue weighted by Crippen LogP contribution is 2.30. The van der Waals surface area contributed by atoms with Gasteiger partial charge in [-0.3, -0.25) is 0 Å². The number of rotatable bonds is 5. The lowest BCUT2D eigenvalue weighted by atomic mass is 10.1. The number of carbonyl (C=O) groups is 1. The van der Waals surface area contributed by atoms with Crippen molar-refractivity contribution in [2.45, 2.75) is 13.0 Å². The lowest BCUT2D eigenvalue weighted by Gasteiger charge is -2.41. The van der Waals surface area contributed by atoms with E-state index in [2.05, 4.69) is 32.8 Å². The molecule has 1 N–H and O–H groups in total. The van der Waals surface area contributed by atoms with Gasteiger partial charge >= 0.3 is 0 Å². The second kappa shape index (κ2) is 7.50. The Morgan fingerprint density at radius 2 is 2.18 bits per heavy atom. The van der Waals surface area contributed by atoms with E-state index in [1.54, 1.807) is 12.3 Å². The van der Waals surface area contributed by atoms with Gasteiger partial charge < -0.3 is 24.5 Å². The monoisotopic (exact) mass is 381 g/mol. The van der Waals surface area contributed by atoms with Gasteiger partial charge in [0.1, 0.15) is 24.0 Å². The molecule has 1 saturated heterocycles. The van der Waals surface area contributed by atoms with Crippen LogP contribution in [0.1, 0.15) is 6.92 Å². The minimum Gasteiger partial charge on any atom is -0.372 e. The van der Waals surface area contributed by atoms with Crippen LogP contribution in [0.5, 0.6) is 0 Å². The molecule has 3 heterocycles. The van der Waals surface area contributed by atoms with Crippen molar-refractivity contribution >= 4 is 34.5 Å². The molecule has 0 aliphatic carbocycles. The van der Waals surface area contributed by atoms with Crippen LogP contribution < -0.4 is 14.7 Å². The number of H-pyrrole nitrogens is 1. The van der Waals surface area contributed by atoms with Crippen molar-refractivity contribution in [1.82, 2.24) is 9.97 Å². The van der Waals surface area contributed by atoms with E-state index in [0.717, 1.165) is 47.6 Å². The summed E-state index contributed by atoms with van der Waals surface area (Å²) in [5.74, 6) is 1.46. The number of hydrogen-bond acceptors (Lipinski definition) is 5. The molecule has 0 amide bonds. The van der Waals surface area contributed by atoms with Crippen molar-refractivity contribution in [2.24, 2.45) is 0 Å². The number of nitrogens with zero attached hydrogens (tertiary/aromatic N) is 4. The largest absolute Gasteiger partial charge is 0.372 e. The van der Waals surface area contributed by atoms with Crippen LogP contribution in [0, 0.1) is 5.82 Å². The van der Waals surface area contributed by atoms with Crippen molar-refractivity contribution in [2.75, 3.05) is 47.9 Å². The number of hydrogen-bond donors (Lipinski definition) is 1. The lowest BCUT2D eigenvalue weighted by molar-refractivity contribution is -0.109. The lowest BCUT2D eigenvalue weighted by Crippen LogP contribution is -2.54. The summed E-state index contributed by atoms with van der Waals surface area (Å²) < 4.78 is 13.5. The van der Waals surface area contributed by atoms with Gasteiger partial charge in [0, 0.05) is 50.3 Å². The predicted molar refractivity (Wildman–Crippen MR) is 111 cm³/mol. The van der Waals surface area contributed by atoms with Crippen molar-refractivity contribution in [3.63, 3.8) is 0 Å². The van der Waals surface area contributed by atoms with Gasteiger partial charge in [-0.05, 0) is 43.3 Å². The van der Waals surface area contributed by atoms with Gasteiger partial charge in [0.15, 0.2) is 5.82 Å². The molecule has 0 radical (unpaired) electrons. The van der Waals surface area contributed by atoms with Crippen molar-refractivity contribution < 1.29 is 9.18 Å². The summed E-state index contributed by atoms with van der Waals surface area (Å²) in [4.78, 5) is 26.1. The van der Waals surface area contributed by atoms with Crippen LogP contribution in [0.3, 0.4) is 0 Å². The zero-order chi connectivity index (χ0) is 19.7. The Kier molecular flexibility index (Phi) is 4.90. The van der Waals surface area contributed by atoms with E-state index < -0.39 is 0 Å². The topological polar surface area (TPSA) is 55.5 Å². The SMILES string of the molecule is CCN(C)c1cccnc1N1CCN(c2cc3ccc(F)cc3[nH]2)C(C=O)C1. The molecule has 146 valence electrons. The van der Waals surface area contributed by atoms with Gasteiger partial charge in [-0.2, -0.15) is 0 Å². The maximum Gasteiger partial charge on any atom is 0.152 e. The zero-order valence-corrected chi connectivity index (χ0v) is 16.1. The van der Waals surface area contributed by atoms with Gasteiger partial charge in [0.25, 0.3) is 0 Å². The minimum absolute atomic E-state index is 0.277. The molecule has 4 rings (SSSR count). The number of nitrogens with one attached hydrogen (secondary N) is 1. The maximum absolute atomic E-state index is 13.5. The highest BCUT2D eigenvalue weighted by molar-refractivity contribution is 5.85. The van der Waals surface area contributed by atoms with Crippen LogP contribution >= 0.6 is 0 Å². The maximum atomic E-state index is 13.5. The molecule has 0 spiro atoms. The first-order valence-electron chi connectivity index (χ1n) is 9.52. The molecule has 7 heteroatoms. The standard InChI is InChI=1S/C21H24FN5O/c1-3-25(2)19-5-4-8-23-21(19)26-9-10-27(17(13-26)14-28)20-11-15-6-7-16(22)12-18(15)24-20/h4-8,11-12,14,17,24H,3,9-10,13H2,1-2H3. The van der Waals surface area contributed by atoms with Gasteiger partial charge in [-0.25, -0.2) is 9.37 Å². The first-order valence-corrected chi connectivity index (χ1v) is 9.52. The molecular weight excluding hydrogens is 357 g/mol. The molecular formula is C21H24FN5O. The number of benzene rings is 1. The molecule has 1 atom stereocenters. The summed E-state index contributed by atoms with van der Waals surface area (Å²) in [7, 11) is 2.04. The third-order valence-corrected chi connectivity index (χ3v) is 5.41. The van der Waals surface area contributed by atoms with Crippen LogP contribution in [-0.2, 0) is 4.79 Å². The molecule has 2 aromatic heterocycles. The fourth-order valence-corrected chi connectivity index (χ4v) is 3.76. The van der Waals surface area contributed by atoms with Crippen LogP contribution in [0.4, 0.5) is 21.7 Å². The van der Waals surface area contributed by atoms with Gasteiger partial charge in [0.05, 0.1) is 5.69 Å². The van der Waals surface area contributed by atoms with Crippen LogP contribution in [-0.4, -0.2) is 55.5 Å². The summed E-state index contributed by atoms with van der Waals surface area (Å²) in [6, 6.07) is 10.3. The average Bonchev–Trinajstić information content (AvgIpc) is 3.15. The highest BCUT2D eigenvalue weighted by atomic mass is 19.1. The summed E-state index contributed by atoms with van der Waals surface area (Å²) in [5, 5.41) is 0.931. The second-order valence-corrected chi connectivity index (χ2v) is 7.09. The number of halogens is 1. The molecule has 3 aromatic rings. The van der Waals surface area contributed by atoms with E-state index in [1.165, 1.54) is 12.1 Å². The van der Waals surface area contributed by atoms with E-state index in [9.17, 15) is 9.18 Å². The van der Waals surface area contributed by atoms with E-state index in [0.29, 0.717) is 13.1 Å². The normalized spacial score (nSPS) is 17.2. The molecule has 1 aliphatic rings. The number of aromatic nitrogens is 2. The quantitative estimate of drug-likeness (QED) is 0.689. The molecule has 1 aromatic carbocycles. The van der Waals surface area contributed by atoms with E-state index in [-0.39, 0.29) is 11.9 Å². The summed E-state index contributed by atoms with van der Waals surface area (Å²) >= 11 is 0. The number of anilines is 3. The Bertz CT molecular complexity index is 988. The zero-order valence-electron chi connectivity index (χ0n) is 16.1. The number of piperazine rings is 1. The first kappa shape index (κ1) is 18.3. The highest BCUT2D eigenvalue weighted by Gasteiger charge is 2.30. The third kappa shape index (κ3) is 3.28. The average molecular weight is 381 g/mol. The van der Waals surface area contributed by atoms with Crippen LogP contribution in [0.15, 0.2) is 42.6 Å². The summed E-state index contributed by atoms with van der Waals surface area (Å²) in [6.07, 6.45) is 2.77. The third-order valence-electron chi connectivity index (χ3n) is 5.41.